The number of H-pyrrole nitrogens is 1. The van der Waals surface area contributed by atoms with Crippen LogP contribution in [0.15, 0.2) is 4.79 Å². The number of carbonyl (C=O) groups excluding carboxylic acids is 1. The monoisotopic (exact) mass is 459 g/mol. The molecule has 2 atom stereocenters. The Bertz CT molecular complexity index is 986. The Labute approximate surface area is 180 Å². The van der Waals surface area contributed by atoms with Crippen molar-refractivity contribution in [1.82, 2.24) is 15.3 Å². The van der Waals surface area contributed by atoms with Crippen molar-refractivity contribution in [2.24, 2.45) is 5.92 Å². The Morgan fingerprint density at radius 1 is 1.23 bits per heavy atom. The van der Waals surface area contributed by atoms with Crippen molar-refractivity contribution in [2.45, 2.75) is 69.3 Å². The highest BCUT2D eigenvalue weighted by atomic mass is 32.2. The number of nitrogens with one attached hydrogen (secondary N) is 2. The third-order valence-electron chi connectivity index (χ3n) is 5.87. The number of aromatic nitrogens is 2. The van der Waals surface area contributed by atoms with E-state index in [4.69, 9.17) is 0 Å². The summed E-state index contributed by atoms with van der Waals surface area (Å²) in [5.41, 5.74) is 1.03. The third kappa shape index (κ3) is 4.69. The molecule has 0 aromatic carbocycles. The average molecular weight is 460 g/mol. The summed E-state index contributed by atoms with van der Waals surface area (Å²) in [6.45, 7) is 0. The molecule has 0 aliphatic heterocycles. The Balaban J connectivity index is 1.28. The molecule has 30 heavy (non-hydrogen) atoms. The minimum absolute atomic E-state index is 0.0802. The van der Waals surface area contributed by atoms with Crippen molar-refractivity contribution in [2.75, 3.05) is 5.75 Å². The lowest BCUT2D eigenvalue weighted by atomic mass is 9.84. The van der Waals surface area contributed by atoms with Gasteiger partial charge in [-0.3, -0.25) is 9.59 Å². The molecule has 0 radical (unpaired) electrons. The number of hydrogen-bond acceptors (Lipinski definition) is 5. The fourth-order valence-corrected chi connectivity index (χ4v) is 6.51. The number of amides is 1. The number of aromatic amines is 1. The van der Waals surface area contributed by atoms with Gasteiger partial charge in [0.15, 0.2) is 0 Å². The third-order valence-corrected chi connectivity index (χ3v) is 8.03. The summed E-state index contributed by atoms with van der Waals surface area (Å²) in [4.78, 5) is 34.0. The van der Waals surface area contributed by atoms with E-state index in [9.17, 15) is 22.8 Å². The molecule has 2 unspecified atom stereocenters. The number of fused-ring (bicyclic) bond motifs is 3. The molecule has 2 N–H and O–H groups in total. The number of carbonyl (C=O) groups is 1. The van der Waals surface area contributed by atoms with Crippen molar-refractivity contribution < 1.29 is 18.0 Å². The van der Waals surface area contributed by atoms with Crippen LogP contribution in [-0.2, 0) is 23.4 Å². The Kier molecular flexibility index (Phi) is 6.43. The molecule has 1 amide bonds. The van der Waals surface area contributed by atoms with Crippen LogP contribution in [0.4, 0.5) is 13.2 Å². The van der Waals surface area contributed by atoms with Crippen molar-refractivity contribution in [3.05, 3.63) is 26.6 Å². The van der Waals surface area contributed by atoms with E-state index in [0.717, 1.165) is 29.7 Å². The molecule has 0 spiro atoms. The van der Waals surface area contributed by atoms with Crippen LogP contribution in [0.1, 0.15) is 54.8 Å². The number of thiophene rings is 1. The summed E-state index contributed by atoms with van der Waals surface area (Å²) in [6, 6.07) is -0.822. The van der Waals surface area contributed by atoms with E-state index in [1.54, 1.807) is 11.3 Å². The van der Waals surface area contributed by atoms with E-state index in [1.807, 2.05) is 0 Å². The Morgan fingerprint density at radius 2 is 2.03 bits per heavy atom. The first-order valence-electron chi connectivity index (χ1n) is 10.3. The molecule has 2 aliphatic rings. The van der Waals surface area contributed by atoms with E-state index >= 15 is 0 Å². The van der Waals surface area contributed by atoms with Crippen LogP contribution in [0.2, 0.25) is 0 Å². The van der Waals surface area contributed by atoms with E-state index in [-0.39, 0.29) is 24.3 Å². The van der Waals surface area contributed by atoms with Gasteiger partial charge in [-0.15, -0.1) is 11.3 Å². The van der Waals surface area contributed by atoms with Crippen LogP contribution >= 0.6 is 23.1 Å². The summed E-state index contributed by atoms with van der Waals surface area (Å²) in [6.07, 6.45) is 0.604. The van der Waals surface area contributed by atoms with E-state index < -0.39 is 18.1 Å². The second-order valence-electron chi connectivity index (χ2n) is 7.96. The number of hydrogen-bond donors (Lipinski definition) is 2. The molecule has 2 heterocycles. The Morgan fingerprint density at radius 3 is 2.83 bits per heavy atom. The zero-order valence-corrected chi connectivity index (χ0v) is 18.1. The van der Waals surface area contributed by atoms with Crippen LogP contribution in [-0.4, -0.2) is 33.8 Å². The zero-order valence-electron chi connectivity index (χ0n) is 16.4. The summed E-state index contributed by atoms with van der Waals surface area (Å²) in [7, 11) is 0. The average Bonchev–Trinajstić information content (AvgIpc) is 3.25. The van der Waals surface area contributed by atoms with E-state index in [0.29, 0.717) is 42.0 Å². The molecule has 2 aromatic heterocycles. The second kappa shape index (κ2) is 8.90. The molecule has 2 aromatic rings. The van der Waals surface area contributed by atoms with Gasteiger partial charge in [-0.25, -0.2) is 4.98 Å². The molecule has 1 saturated carbocycles. The molecule has 0 saturated heterocycles. The van der Waals surface area contributed by atoms with Gasteiger partial charge >= 0.3 is 6.18 Å². The highest BCUT2D eigenvalue weighted by molar-refractivity contribution is 7.98. The van der Waals surface area contributed by atoms with Gasteiger partial charge in [-0.05, 0) is 37.7 Å². The maximum atomic E-state index is 13.1. The largest absolute Gasteiger partial charge is 0.393 e. The standard InChI is InChI=1S/C20H24F3N3O2S2/c21-20(22,23)12-5-1-2-6-13(12)24-16(27)8-9-29-10-15-25-18(28)17-11-4-3-7-14(11)30-19(17)26-15/h12-13H,1-10H2,(H,24,27)(H,25,26,28). The van der Waals surface area contributed by atoms with Crippen LogP contribution in [0.3, 0.4) is 0 Å². The van der Waals surface area contributed by atoms with E-state index in [1.165, 1.54) is 16.6 Å². The maximum absolute atomic E-state index is 13.1. The molecule has 0 bridgehead atoms. The number of alkyl halides is 3. The number of thioether (sulfide) groups is 1. The second-order valence-corrected chi connectivity index (χ2v) is 10.1. The first-order valence-corrected chi connectivity index (χ1v) is 12.3. The van der Waals surface area contributed by atoms with Crippen molar-refractivity contribution >= 4 is 39.2 Å². The summed E-state index contributed by atoms with van der Waals surface area (Å²) >= 11 is 3.02. The molecule has 2 aliphatic carbocycles. The first-order chi connectivity index (χ1) is 14.3. The van der Waals surface area contributed by atoms with Crippen molar-refractivity contribution in [3.8, 4) is 0 Å². The summed E-state index contributed by atoms with van der Waals surface area (Å²) in [5.74, 6) is -0.318. The van der Waals surface area contributed by atoms with Gasteiger partial charge in [-0.2, -0.15) is 24.9 Å². The lowest BCUT2D eigenvalue weighted by Gasteiger charge is -2.33. The van der Waals surface area contributed by atoms with Crippen molar-refractivity contribution in [3.63, 3.8) is 0 Å². The first kappa shape index (κ1) is 21.7. The topological polar surface area (TPSA) is 74.8 Å². The van der Waals surface area contributed by atoms with Crippen LogP contribution < -0.4 is 10.9 Å². The quantitative estimate of drug-likeness (QED) is 0.631. The summed E-state index contributed by atoms with van der Waals surface area (Å²) < 4.78 is 39.4. The minimum atomic E-state index is -4.27. The molecule has 4 rings (SSSR count). The van der Waals surface area contributed by atoms with E-state index in [2.05, 4.69) is 15.3 Å². The highest BCUT2D eigenvalue weighted by Crippen LogP contribution is 2.38. The lowest BCUT2D eigenvalue weighted by Crippen LogP contribution is -2.47. The molecule has 164 valence electrons. The van der Waals surface area contributed by atoms with Gasteiger partial charge in [0.2, 0.25) is 5.91 Å². The molecule has 10 heteroatoms. The van der Waals surface area contributed by atoms with Gasteiger partial charge in [-0.1, -0.05) is 12.8 Å². The fraction of sp³-hybridized carbons (Fsp3) is 0.650. The highest BCUT2D eigenvalue weighted by Gasteiger charge is 2.45. The van der Waals surface area contributed by atoms with Crippen LogP contribution in [0.5, 0.6) is 0 Å². The lowest BCUT2D eigenvalue weighted by molar-refractivity contribution is -0.189. The van der Waals surface area contributed by atoms with Gasteiger partial charge in [0.25, 0.3) is 5.56 Å². The number of aryl methyl sites for hydroxylation is 2. The van der Waals surface area contributed by atoms with Gasteiger partial charge in [0.1, 0.15) is 10.7 Å². The number of rotatable bonds is 6. The fourth-order valence-electron chi connectivity index (χ4n) is 4.42. The molecule has 1 fully saturated rings. The predicted molar refractivity (Wildman–Crippen MR) is 113 cm³/mol. The zero-order chi connectivity index (χ0) is 21.3. The maximum Gasteiger partial charge on any atom is 0.393 e. The Hall–Kier alpha value is -1.55. The van der Waals surface area contributed by atoms with Crippen molar-refractivity contribution in [1.29, 1.82) is 0 Å². The normalized spacial score (nSPS) is 21.7. The smallest absolute Gasteiger partial charge is 0.353 e. The van der Waals surface area contributed by atoms with Crippen LogP contribution in [0.25, 0.3) is 10.2 Å². The minimum Gasteiger partial charge on any atom is -0.353 e. The predicted octanol–water partition coefficient (Wildman–Crippen LogP) is 4.33. The van der Waals surface area contributed by atoms with Gasteiger partial charge in [0, 0.05) is 23.1 Å². The molecular weight excluding hydrogens is 435 g/mol. The van der Waals surface area contributed by atoms with Gasteiger partial charge in [0.05, 0.1) is 17.1 Å². The van der Waals surface area contributed by atoms with Gasteiger partial charge < -0.3 is 10.3 Å². The number of halogens is 3. The SMILES string of the molecule is O=C(CCSCc1nc2sc3c(c2c(=O)[nH]1)CCC3)NC1CCCCC1C(F)(F)F. The summed E-state index contributed by atoms with van der Waals surface area (Å²) in [5, 5.41) is 3.30. The molecular formula is C20H24F3N3O2S2. The van der Waals surface area contributed by atoms with Crippen LogP contribution in [0, 0.1) is 5.92 Å². The molecule has 5 nitrogen and oxygen atoms in total. The number of nitrogens with zero attached hydrogens (tertiary/aromatic N) is 1.